The Morgan fingerprint density at radius 2 is 2.17 bits per heavy atom. The molecule has 1 aliphatic heterocycles. The molecular weight excluding hydrogens is 288 g/mol. The molecule has 5 heteroatoms. The number of aromatic amines is 1. The Hall–Kier alpha value is -2.56. The number of hydrogen-bond acceptors (Lipinski definition) is 2. The average Bonchev–Trinajstić information content (AvgIpc) is 3.19. The van der Waals surface area contributed by atoms with Crippen molar-refractivity contribution in [2.45, 2.75) is 32.9 Å². The maximum atomic E-state index is 12.8. The number of nitrogens with one attached hydrogen (secondary N) is 1. The van der Waals surface area contributed by atoms with Crippen LogP contribution in [0.4, 0.5) is 0 Å². The molecule has 0 radical (unpaired) electrons. The van der Waals surface area contributed by atoms with Gasteiger partial charge in [-0.05, 0) is 38.1 Å². The zero-order valence-corrected chi connectivity index (χ0v) is 13.4. The fraction of sp³-hybridized carbons (Fsp3) is 0.333. The van der Waals surface area contributed by atoms with Crippen molar-refractivity contribution in [2.24, 2.45) is 0 Å². The van der Waals surface area contributed by atoms with Gasteiger partial charge in [0.1, 0.15) is 0 Å². The van der Waals surface area contributed by atoms with E-state index in [9.17, 15) is 4.79 Å². The molecule has 4 rings (SSSR count). The van der Waals surface area contributed by atoms with Gasteiger partial charge in [-0.3, -0.25) is 4.79 Å². The summed E-state index contributed by atoms with van der Waals surface area (Å²) in [5, 5.41) is 1.11. The fourth-order valence-corrected chi connectivity index (χ4v) is 3.32. The third kappa shape index (κ3) is 2.32. The second-order valence-electron chi connectivity index (χ2n) is 6.39. The van der Waals surface area contributed by atoms with Crippen molar-refractivity contribution >= 4 is 16.8 Å². The fourth-order valence-electron chi connectivity index (χ4n) is 3.32. The number of imidazole rings is 1. The molecule has 2 aromatic heterocycles. The first-order valence-corrected chi connectivity index (χ1v) is 8.04. The van der Waals surface area contributed by atoms with Gasteiger partial charge in [0.05, 0.1) is 24.3 Å². The number of carbonyl (C=O) groups is 1. The van der Waals surface area contributed by atoms with E-state index in [0.717, 1.165) is 35.3 Å². The number of amides is 1. The van der Waals surface area contributed by atoms with Crippen LogP contribution in [0.15, 0.2) is 36.8 Å². The summed E-state index contributed by atoms with van der Waals surface area (Å²) in [5.74, 6) is 0.0875. The molecule has 0 bridgehead atoms. The molecule has 1 amide bonds. The van der Waals surface area contributed by atoms with Crippen molar-refractivity contribution in [3.05, 3.63) is 53.7 Å². The van der Waals surface area contributed by atoms with E-state index in [1.54, 1.807) is 6.33 Å². The summed E-state index contributed by atoms with van der Waals surface area (Å²) in [6, 6.07) is 8.48. The van der Waals surface area contributed by atoms with Gasteiger partial charge >= 0.3 is 0 Å². The zero-order chi connectivity index (χ0) is 16.0. The highest BCUT2D eigenvalue weighted by Crippen LogP contribution is 2.23. The van der Waals surface area contributed by atoms with E-state index in [-0.39, 0.29) is 5.91 Å². The summed E-state index contributed by atoms with van der Waals surface area (Å²) in [4.78, 5) is 22.1. The minimum absolute atomic E-state index is 0.0875. The molecule has 3 aromatic rings. The summed E-state index contributed by atoms with van der Waals surface area (Å²) in [7, 11) is 0. The second kappa shape index (κ2) is 5.26. The topological polar surface area (TPSA) is 53.9 Å². The molecule has 3 heterocycles. The first kappa shape index (κ1) is 14.1. The van der Waals surface area contributed by atoms with Gasteiger partial charge in [0, 0.05) is 41.7 Å². The highest BCUT2D eigenvalue weighted by Gasteiger charge is 2.23. The Bertz CT molecular complexity index is 874. The van der Waals surface area contributed by atoms with E-state index in [2.05, 4.69) is 40.6 Å². The van der Waals surface area contributed by atoms with Gasteiger partial charge in [-0.15, -0.1) is 0 Å². The lowest BCUT2D eigenvalue weighted by Gasteiger charge is -2.26. The van der Waals surface area contributed by atoms with E-state index in [1.165, 1.54) is 5.52 Å². The maximum Gasteiger partial charge on any atom is 0.254 e. The normalized spacial score (nSPS) is 14.5. The standard InChI is InChI=1S/C18H20N4O/c1-12(2)22-8-5-13-9-14(3-4-17(13)22)18(23)21-7-6-15-16(10-21)20-11-19-15/h3-5,8-9,11-12H,6-7,10H2,1-2H3,(H,19,20). The summed E-state index contributed by atoms with van der Waals surface area (Å²) in [6.45, 7) is 5.66. The number of H-pyrrole nitrogens is 1. The summed E-state index contributed by atoms with van der Waals surface area (Å²) in [5.41, 5.74) is 4.06. The molecule has 0 saturated carbocycles. The first-order chi connectivity index (χ1) is 11.1. The minimum atomic E-state index is 0.0875. The van der Waals surface area contributed by atoms with Crippen LogP contribution in [0.1, 0.15) is 41.6 Å². The molecule has 0 spiro atoms. The van der Waals surface area contributed by atoms with E-state index < -0.39 is 0 Å². The van der Waals surface area contributed by atoms with Gasteiger partial charge < -0.3 is 14.5 Å². The van der Waals surface area contributed by atoms with Gasteiger partial charge in [-0.2, -0.15) is 0 Å². The molecule has 1 aromatic carbocycles. The molecular formula is C18H20N4O. The zero-order valence-electron chi connectivity index (χ0n) is 13.4. The largest absolute Gasteiger partial charge is 0.347 e. The SMILES string of the molecule is CC(C)n1ccc2cc(C(=O)N3CCc4nc[nH]c4C3)ccc21. The molecule has 5 nitrogen and oxygen atoms in total. The van der Waals surface area contributed by atoms with Gasteiger partial charge in [-0.25, -0.2) is 4.98 Å². The van der Waals surface area contributed by atoms with Crippen LogP contribution in [-0.4, -0.2) is 31.9 Å². The van der Waals surface area contributed by atoms with Crippen molar-refractivity contribution < 1.29 is 4.79 Å². The van der Waals surface area contributed by atoms with Crippen molar-refractivity contribution in [3.63, 3.8) is 0 Å². The molecule has 1 aliphatic rings. The average molecular weight is 308 g/mol. The number of rotatable bonds is 2. The van der Waals surface area contributed by atoms with Crippen LogP contribution in [-0.2, 0) is 13.0 Å². The number of carbonyl (C=O) groups excluding carboxylic acids is 1. The molecule has 1 N–H and O–H groups in total. The Morgan fingerprint density at radius 3 is 3.00 bits per heavy atom. The van der Waals surface area contributed by atoms with E-state index in [1.807, 2.05) is 23.1 Å². The summed E-state index contributed by atoms with van der Waals surface area (Å²) < 4.78 is 2.22. The van der Waals surface area contributed by atoms with Crippen LogP contribution in [0.2, 0.25) is 0 Å². The predicted molar refractivity (Wildman–Crippen MR) is 89.4 cm³/mol. The van der Waals surface area contributed by atoms with Crippen LogP contribution < -0.4 is 0 Å². The van der Waals surface area contributed by atoms with Crippen LogP contribution in [0, 0.1) is 0 Å². The summed E-state index contributed by atoms with van der Waals surface area (Å²) >= 11 is 0. The van der Waals surface area contributed by atoms with Gasteiger partial charge in [-0.1, -0.05) is 0 Å². The Balaban J connectivity index is 1.63. The molecule has 0 saturated heterocycles. The quantitative estimate of drug-likeness (QED) is 0.790. The van der Waals surface area contributed by atoms with Crippen LogP contribution in [0.3, 0.4) is 0 Å². The second-order valence-corrected chi connectivity index (χ2v) is 6.39. The Morgan fingerprint density at radius 1 is 1.30 bits per heavy atom. The molecule has 0 atom stereocenters. The monoisotopic (exact) mass is 308 g/mol. The maximum absolute atomic E-state index is 12.8. The number of fused-ring (bicyclic) bond motifs is 2. The minimum Gasteiger partial charge on any atom is -0.347 e. The number of hydrogen-bond donors (Lipinski definition) is 1. The summed E-state index contributed by atoms with van der Waals surface area (Å²) in [6.07, 6.45) is 4.61. The molecule has 0 aliphatic carbocycles. The third-order valence-electron chi connectivity index (χ3n) is 4.59. The van der Waals surface area contributed by atoms with Crippen molar-refractivity contribution in [2.75, 3.05) is 6.54 Å². The van der Waals surface area contributed by atoms with Crippen molar-refractivity contribution in [1.29, 1.82) is 0 Å². The van der Waals surface area contributed by atoms with Gasteiger partial charge in [0.2, 0.25) is 0 Å². The van der Waals surface area contributed by atoms with Crippen LogP contribution in [0.25, 0.3) is 10.9 Å². The van der Waals surface area contributed by atoms with E-state index in [0.29, 0.717) is 12.6 Å². The smallest absolute Gasteiger partial charge is 0.254 e. The van der Waals surface area contributed by atoms with Crippen LogP contribution >= 0.6 is 0 Å². The molecule has 23 heavy (non-hydrogen) atoms. The third-order valence-corrected chi connectivity index (χ3v) is 4.59. The predicted octanol–water partition coefficient (Wildman–Crippen LogP) is 3.14. The van der Waals surface area contributed by atoms with Gasteiger partial charge in [0.25, 0.3) is 5.91 Å². The van der Waals surface area contributed by atoms with E-state index in [4.69, 9.17) is 0 Å². The molecule has 0 fully saturated rings. The van der Waals surface area contributed by atoms with E-state index >= 15 is 0 Å². The van der Waals surface area contributed by atoms with Crippen molar-refractivity contribution in [1.82, 2.24) is 19.4 Å². The molecule has 0 unspecified atom stereocenters. The number of aromatic nitrogens is 3. The highest BCUT2D eigenvalue weighted by molar-refractivity contribution is 5.98. The van der Waals surface area contributed by atoms with Crippen molar-refractivity contribution in [3.8, 4) is 0 Å². The lowest BCUT2D eigenvalue weighted by atomic mass is 10.1. The lowest BCUT2D eigenvalue weighted by molar-refractivity contribution is 0.0732. The molecule has 118 valence electrons. The number of nitrogens with zero attached hydrogens (tertiary/aromatic N) is 3. The Kier molecular flexibility index (Phi) is 3.22. The van der Waals surface area contributed by atoms with Crippen LogP contribution in [0.5, 0.6) is 0 Å². The first-order valence-electron chi connectivity index (χ1n) is 8.04. The highest BCUT2D eigenvalue weighted by atomic mass is 16.2. The van der Waals surface area contributed by atoms with Gasteiger partial charge in [0.15, 0.2) is 0 Å². The Labute approximate surface area is 134 Å². The number of benzene rings is 1. The lowest BCUT2D eigenvalue weighted by Crippen LogP contribution is -2.36.